The summed E-state index contributed by atoms with van der Waals surface area (Å²) in [6.07, 6.45) is 0. The van der Waals surface area contributed by atoms with Gasteiger partial charge in [0.15, 0.2) is 6.61 Å². The quantitative estimate of drug-likeness (QED) is 0.666. The Morgan fingerprint density at radius 3 is 2.90 bits per heavy atom. The van der Waals surface area contributed by atoms with Crippen LogP contribution in [0.2, 0.25) is 0 Å². The molecule has 3 aromatic rings. The van der Waals surface area contributed by atoms with Crippen LogP contribution in [-0.4, -0.2) is 31.6 Å². The number of nitrogens with one attached hydrogen (secondary N) is 1. The molecule has 7 heteroatoms. The lowest BCUT2D eigenvalue weighted by Crippen LogP contribution is -2.41. The molecule has 0 aliphatic carbocycles. The molecule has 148 valence electrons. The van der Waals surface area contributed by atoms with Gasteiger partial charge in [0.2, 0.25) is 0 Å². The van der Waals surface area contributed by atoms with Crippen molar-refractivity contribution in [1.29, 1.82) is 0 Å². The highest BCUT2D eigenvalue weighted by atomic mass is 32.1. The van der Waals surface area contributed by atoms with E-state index in [9.17, 15) is 9.59 Å². The van der Waals surface area contributed by atoms with Gasteiger partial charge in [-0.15, -0.1) is 11.3 Å². The molecule has 2 aromatic carbocycles. The van der Waals surface area contributed by atoms with E-state index in [-0.39, 0.29) is 18.4 Å². The highest BCUT2D eigenvalue weighted by Gasteiger charge is 2.26. The van der Waals surface area contributed by atoms with Crippen LogP contribution in [-0.2, 0) is 4.79 Å². The third-order valence-electron chi connectivity index (χ3n) is 4.48. The van der Waals surface area contributed by atoms with E-state index in [1.165, 1.54) is 11.3 Å². The Morgan fingerprint density at radius 1 is 1.21 bits per heavy atom. The van der Waals surface area contributed by atoms with E-state index in [0.29, 0.717) is 35.2 Å². The number of carbonyl (C=O) groups is 2. The fourth-order valence-corrected chi connectivity index (χ4v) is 3.70. The van der Waals surface area contributed by atoms with E-state index in [1.54, 1.807) is 29.2 Å². The van der Waals surface area contributed by atoms with E-state index in [2.05, 4.69) is 5.32 Å². The third kappa shape index (κ3) is 4.41. The van der Waals surface area contributed by atoms with Gasteiger partial charge < -0.3 is 19.7 Å². The molecule has 1 N–H and O–H groups in total. The molecule has 0 saturated heterocycles. The number of carbonyl (C=O) groups excluding carboxylic acids is 2. The molecule has 6 nitrogen and oxygen atoms in total. The van der Waals surface area contributed by atoms with Crippen LogP contribution in [0, 0.1) is 6.92 Å². The van der Waals surface area contributed by atoms with Crippen LogP contribution in [0.1, 0.15) is 15.2 Å². The predicted molar refractivity (Wildman–Crippen MR) is 113 cm³/mol. The van der Waals surface area contributed by atoms with Crippen LogP contribution in [0.5, 0.6) is 11.5 Å². The van der Waals surface area contributed by atoms with Gasteiger partial charge in [-0.25, -0.2) is 0 Å². The molecule has 1 aromatic heterocycles. The van der Waals surface area contributed by atoms with Crippen molar-refractivity contribution >= 4 is 34.5 Å². The summed E-state index contributed by atoms with van der Waals surface area (Å²) < 4.78 is 11.3. The number of benzene rings is 2. The number of rotatable bonds is 6. The van der Waals surface area contributed by atoms with E-state index < -0.39 is 0 Å². The van der Waals surface area contributed by atoms with Gasteiger partial charge in [0, 0.05) is 5.69 Å². The average Bonchev–Trinajstić information content (AvgIpc) is 3.25. The maximum atomic E-state index is 12.4. The monoisotopic (exact) mass is 408 g/mol. The molecule has 1 aliphatic heterocycles. The Balaban J connectivity index is 1.47. The Hall–Kier alpha value is -3.32. The first-order chi connectivity index (χ1) is 14.1. The number of thiophene rings is 1. The topological polar surface area (TPSA) is 67.9 Å². The van der Waals surface area contributed by atoms with E-state index in [0.717, 1.165) is 11.3 Å². The molecule has 0 fully saturated rings. The zero-order valence-corrected chi connectivity index (χ0v) is 16.7. The first-order valence-electron chi connectivity index (χ1n) is 9.22. The second kappa shape index (κ2) is 8.36. The average molecular weight is 408 g/mol. The van der Waals surface area contributed by atoms with Gasteiger partial charge in [-0.05, 0) is 54.3 Å². The molecule has 1 aliphatic rings. The molecular formula is C22H20N2O4S. The summed E-state index contributed by atoms with van der Waals surface area (Å²) in [6.45, 7) is 2.71. The molecule has 2 heterocycles. The Bertz CT molecular complexity index is 1030. The van der Waals surface area contributed by atoms with Gasteiger partial charge in [-0.2, -0.15) is 0 Å². The highest BCUT2D eigenvalue weighted by Crippen LogP contribution is 2.34. The molecule has 0 atom stereocenters. The van der Waals surface area contributed by atoms with Crippen molar-refractivity contribution in [2.45, 2.75) is 6.92 Å². The van der Waals surface area contributed by atoms with E-state index >= 15 is 0 Å². The SMILES string of the molecule is Cc1cccc(OCCN2C(=O)COc3ccc(NC(=O)c4cccs4)cc32)c1. The van der Waals surface area contributed by atoms with Crippen LogP contribution in [0.25, 0.3) is 0 Å². The van der Waals surface area contributed by atoms with Crippen molar-refractivity contribution in [3.63, 3.8) is 0 Å². The van der Waals surface area contributed by atoms with Gasteiger partial charge in [0.05, 0.1) is 17.1 Å². The minimum atomic E-state index is -0.183. The lowest BCUT2D eigenvalue weighted by Gasteiger charge is -2.29. The molecule has 0 unspecified atom stereocenters. The predicted octanol–water partition coefficient (Wildman–Crippen LogP) is 4.11. The number of ether oxygens (including phenoxy) is 2. The first-order valence-corrected chi connectivity index (χ1v) is 10.1. The number of nitrogens with zero attached hydrogens (tertiary/aromatic N) is 1. The van der Waals surface area contributed by atoms with Gasteiger partial charge in [0.1, 0.15) is 18.1 Å². The number of anilines is 2. The molecular weight excluding hydrogens is 388 g/mol. The van der Waals surface area contributed by atoms with Crippen LogP contribution < -0.4 is 19.7 Å². The maximum Gasteiger partial charge on any atom is 0.265 e. The largest absolute Gasteiger partial charge is 0.492 e. The van der Waals surface area contributed by atoms with Crippen LogP contribution >= 0.6 is 11.3 Å². The Kier molecular flexibility index (Phi) is 5.48. The molecule has 4 rings (SSSR count). The summed E-state index contributed by atoms with van der Waals surface area (Å²) in [4.78, 5) is 27.0. The molecule has 0 spiro atoms. The lowest BCUT2D eigenvalue weighted by molar-refractivity contribution is -0.121. The zero-order valence-electron chi connectivity index (χ0n) is 15.9. The Morgan fingerprint density at radius 2 is 2.10 bits per heavy atom. The fraction of sp³-hybridized carbons (Fsp3) is 0.182. The number of aryl methyl sites for hydroxylation is 1. The second-order valence-corrected chi connectivity index (χ2v) is 7.56. The van der Waals surface area contributed by atoms with Crippen molar-refractivity contribution in [3.05, 3.63) is 70.4 Å². The van der Waals surface area contributed by atoms with Crippen molar-refractivity contribution in [1.82, 2.24) is 0 Å². The van der Waals surface area contributed by atoms with E-state index in [1.807, 2.05) is 42.6 Å². The zero-order chi connectivity index (χ0) is 20.2. The van der Waals surface area contributed by atoms with Gasteiger partial charge in [-0.1, -0.05) is 18.2 Å². The molecule has 29 heavy (non-hydrogen) atoms. The molecule has 0 radical (unpaired) electrons. The lowest BCUT2D eigenvalue weighted by atomic mass is 10.2. The van der Waals surface area contributed by atoms with Crippen molar-refractivity contribution in [2.75, 3.05) is 30.0 Å². The third-order valence-corrected chi connectivity index (χ3v) is 5.35. The number of hydrogen-bond acceptors (Lipinski definition) is 5. The van der Waals surface area contributed by atoms with Gasteiger partial charge in [-0.3, -0.25) is 9.59 Å². The normalized spacial score (nSPS) is 12.9. The number of hydrogen-bond donors (Lipinski definition) is 1. The molecule has 0 bridgehead atoms. The molecule has 2 amide bonds. The van der Waals surface area contributed by atoms with Crippen LogP contribution in [0.15, 0.2) is 60.0 Å². The van der Waals surface area contributed by atoms with Crippen molar-refractivity contribution < 1.29 is 19.1 Å². The highest BCUT2D eigenvalue weighted by molar-refractivity contribution is 7.12. The minimum absolute atomic E-state index is 0.0155. The van der Waals surface area contributed by atoms with Crippen LogP contribution in [0.3, 0.4) is 0 Å². The maximum absolute atomic E-state index is 12.4. The fourth-order valence-electron chi connectivity index (χ4n) is 3.09. The summed E-state index contributed by atoms with van der Waals surface area (Å²) in [6, 6.07) is 16.7. The Labute approximate surface area is 172 Å². The summed E-state index contributed by atoms with van der Waals surface area (Å²) in [7, 11) is 0. The standard InChI is InChI=1S/C22H20N2O4S/c1-15-4-2-5-17(12-15)27-10-9-24-18-13-16(7-8-19(18)28-14-21(24)25)23-22(26)20-6-3-11-29-20/h2-8,11-13H,9-10,14H2,1H3,(H,23,26). The summed E-state index contributed by atoms with van der Waals surface area (Å²) >= 11 is 1.37. The van der Waals surface area contributed by atoms with Gasteiger partial charge in [0.25, 0.3) is 11.8 Å². The second-order valence-electron chi connectivity index (χ2n) is 6.61. The minimum Gasteiger partial charge on any atom is -0.492 e. The first kappa shape index (κ1) is 19.0. The number of fused-ring (bicyclic) bond motifs is 1. The smallest absolute Gasteiger partial charge is 0.265 e. The summed E-state index contributed by atoms with van der Waals surface area (Å²) in [5.74, 6) is 1.04. The van der Waals surface area contributed by atoms with Gasteiger partial charge >= 0.3 is 0 Å². The number of amides is 2. The van der Waals surface area contributed by atoms with E-state index in [4.69, 9.17) is 9.47 Å². The summed E-state index contributed by atoms with van der Waals surface area (Å²) in [5.41, 5.74) is 2.34. The van der Waals surface area contributed by atoms with Crippen LogP contribution in [0.4, 0.5) is 11.4 Å². The van der Waals surface area contributed by atoms with Crippen molar-refractivity contribution in [2.24, 2.45) is 0 Å². The summed E-state index contributed by atoms with van der Waals surface area (Å²) in [5, 5.41) is 4.72. The molecule has 0 saturated carbocycles. The van der Waals surface area contributed by atoms with Crippen molar-refractivity contribution in [3.8, 4) is 11.5 Å².